The van der Waals surface area contributed by atoms with Crippen LogP contribution in [-0.2, 0) is 0 Å². The van der Waals surface area contributed by atoms with Crippen LogP contribution in [0.5, 0.6) is 5.75 Å². The van der Waals surface area contributed by atoms with Crippen LogP contribution in [-0.4, -0.2) is 28.8 Å². The maximum atomic E-state index is 11.8. The van der Waals surface area contributed by atoms with Crippen molar-refractivity contribution in [2.45, 2.75) is 31.8 Å². The van der Waals surface area contributed by atoms with Crippen LogP contribution in [0, 0.1) is 5.92 Å². The molecule has 0 saturated heterocycles. The van der Waals surface area contributed by atoms with Crippen molar-refractivity contribution in [2.75, 3.05) is 6.54 Å². The lowest BCUT2D eigenvalue weighted by Crippen LogP contribution is -2.32. The maximum absolute atomic E-state index is 11.8. The van der Waals surface area contributed by atoms with E-state index in [1.54, 1.807) is 12.1 Å². The van der Waals surface area contributed by atoms with Gasteiger partial charge in [0.1, 0.15) is 5.75 Å². The summed E-state index contributed by atoms with van der Waals surface area (Å²) in [6.07, 6.45) is 3.53. The summed E-state index contributed by atoms with van der Waals surface area (Å²) in [4.78, 5) is 11.8. The Labute approximate surface area is 107 Å². The quantitative estimate of drug-likeness (QED) is 0.763. The number of rotatable bonds is 3. The lowest BCUT2D eigenvalue weighted by molar-refractivity contribution is 0.0874. The second kappa shape index (κ2) is 5.87. The van der Waals surface area contributed by atoms with E-state index in [2.05, 4.69) is 5.32 Å². The highest BCUT2D eigenvalue weighted by atomic mass is 16.3. The van der Waals surface area contributed by atoms with Gasteiger partial charge < -0.3 is 15.5 Å². The summed E-state index contributed by atoms with van der Waals surface area (Å²) in [5.74, 6) is 0.395. The minimum atomic E-state index is -0.214. The number of carbonyl (C=O) groups is 1. The van der Waals surface area contributed by atoms with Gasteiger partial charge in [0.15, 0.2) is 0 Å². The first-order valence-electron chi connectivity index (χ1n) is 6.40. The molecule has 1 amide bonds. The van der Waals surface area contributed by atoms with Gasteiger partial charge in [-0.3, -0.25) is 4.79 Å². The number of aliphatic hydroxyl groups is 1. The smallest absolute Gasteiger partial charge is 0.251 e. The molecule has 1 aliphatic carbocycles. The highest BCUT2D eigenvalue weighted by Gasteiger charge is 2.20. The Morgan fingerprint density at radius 3 is 2.67 bits per heavy atom. The number of carbonyl (C=O) groups excluding carboxylic acids is 1. The van der Waals surface area contributed by atoms with E-state index in [4.69, 9.17) is 5.11 Å². The summed E-state index contributed by atoms with van der Waals surface area (Å²) in [6, 6.07) is 6.19. The Balaban J connectivity index is 1.82. The third kappa shape index (κ3) is 3.47. The van der Waals surface area contributed by atoms with Crippen molar-refractivity contribution in [2.24, 2.45) is 5.92 Å². The monoisotopic (exact) mass is 249 g/mol. The first-order chi connectivity index (χ1) is 8.65. The van der Waals surface area contributed by atoms with Gasteiger partial charge in [0.2, 0.25) is 0 Å². The number of phenolic OH excluding ortho intramolecular Hbond substituents is 1. The number of aliphatic hydroxyl groups excluding tert-OH is 1. The zero-order chi connectivity index (χ0) is 13.0. The molecule has 98 valence electrons. The van der Waals surface area contributed by atoms with Crippen molar-refractivity contribution < 1.29 is 15.0 Å². The molecule has 0 aliphatic heterocycles. The molecule has 4 nitrogen and oxygen atoms in total. The lowest BCUT2D eigenvalue weighted by Gasteiger charge is -2.25. The minimum absolute atomic E-state index is 0.130. The predicted octanol–water partition coefficient (Wildman–Crippen LogP) is 1.67. The fourth-order valence-electron chi connectivity index (χ4n) is 2.40. The Bertz CT molecular complexity index is 402. The van der Waals surface area contributed by atoms with Gasteiger partial charge in [-0.1, -0.05) is 6.42 Å². The van der Waals surface area contributed by atoms with Crippen molar-refractivity contribution in [1.82, 2.24) is 5.32 Å². The molecule has 1 aromatic rings. The van der Waals surface area contributed by atoms with E-state index < -0.39 is 0 Å². The van der Waals surface area contributed by atoms with Crippen LogP contribution in [0.2, 0.25) is 0 Å². The highest BCUT2D eigenvalue weighted by Crippen LogP contribution is 2.23. The van der Waals surface area contributed by atoms with Crippen molar-refractivity contribution in [1.29, 1.82) is 0 Å². The molecule has 1 aromatic carbocycles. The van der Waals surface area contributed by atoms with Gasteiger partial charge in [-0.2, -0.15) is 0 Å². The molecule has 3 N–H and O–H groups in total. The van der Waals surface area contributed by atoms with Crippen LogP contribution in [0.1, 0.15) is 36.0 Å². The third-order valence-corrected chi connectivity index (χ3v) is 3.44. The van der Waals surface area contributed by atoms with E-state index in [1.807, 2.05) is 0 Å². The zero-order valence-electron chi connectivity index (χ0n) is 10.3. The summed E-state index contributed by atoms with van der Waals surface area (Å²) in [5, 5.41) is 21.6. The number of hydrogen-bond donors (Lipinski definition) is 3. The third-order valence-electron chi connectivity index (χ3n) is 3.44. The van der Waals surface area contributed by atoms with Crippen LogP contribution >= 0.6 is 0 Å². The summed E-state index contributed by atoms with van der Waals surface area (Å²) < 4.78 is 0. The van der Waals surface area contributed by atoms with Gasteiger partial charge in [0.25, 0.3) is 5.91 Å². The van der Waals surface area contributed by atoms with Crippen molar-refractivity contribution >= 4 is 5.91 Å². The summed E-state index contributed by atoms with van der Waals surface area (Å²) in [7, 11) is 0. The van der Waals surface area contributed by atoms with E-state index >= 15 is 0 Å². The van der Waals surface area contributed by atoms with E-state index in [9.17, 15) is 9.90 Å². The van der Waals surface area contributed by atoms with Crippen LogP contribution < -0.4 is 5.32 Å². The minimum Gasteiger partial charge on any atom is -0.508 e. The summed E-state index contributed by atoms with van der Waals surface area (Å²) in [5.41, 5.74) is 0.546. The van der Waals surface area contributed by atoms with Crippen LogP contribution in [0.3, 0.4) is 0 Å². The molecule has 1 saturated carbocycles. The summed E-state index contributed by atoms with van der Waals surface area (Å²) >= 11 is 0. The maximum Gasteiger partial charge on any atom is 0.251 e. The highest BCUT2D eigenvalue weighted by molar-refractivity contribution is 5.94. The predicted molar refractivity (Wildman–Crippen MR) is 68.4 cm³/mol. The summed E-state index contributed by atoms with van der Waals surface area (Å²) in [6.45, 7) is 0.608. The normalized spacial score (nSPS) is 23.6. The Kier molecular flexibility index (Phi) is 4.20. The van der Waals surface area contributed by atoms with E-state index in [1.165, 1.54) is 12.1 Å². The van der Waals surface area contributed by atoms with Gasteiger partial charge in [0.05, 0.1) is 6.10 Å². The molecule has 1 aliphatic rings. The first kappa shape index (κ1) is 12.9. The number of aromatic hydroxyl groups is 1. The first-order valence-corrected chi connectivity index (χ1v) is 6.40. The molecule has 2 unspecified atom stereocenters. The molecule has 0 radical (unpaired) electrons. The zero-order valence-corrected chi connectivity index (χ0v) is 10.3. The standard InChI is InChI=1S/C14H19NO3/c16-12-6-4-11(5-7-12)14(18)15-9-10-2-1-3-13(17)8-10/h4-7,10,13,16-17H,1-3,8-9H2,(H,15,18). The largest absolute Gasteiger partial charge is 0.508 e. The van der Waals surface area contributed by atoms with Crippen LogP contribution in [0.25, 0.3) is 0 Å². The molecule has 0 spiro atoms. The van der Waals surface area contributed by atoms with Crippen LogP contribution in [0.15, 0.2) is 24.3 Å². The second-order valence-electron chi connectivity index (χ2n) is 4.94. The Morgan fingerprint density at radius 2 is 2.00 bits per heavy atom. The Morgan fingerprint density at radius 1 is 1.28 bits per heavy atom. The van der Waals surface area contributed by atoms with Gasteiger partial charge in [-0.05, 0) is 49.4 Å². The molecule has 2 rings (SSSR count). The molecule has 4 heteroatoms. The van der Waals surface area contributed by atoms with E-state index in [-0.39, 0.29) is 17.8 Å². The topological polar surface area (TPSA) is 69.6 Å². The number of hydrogen-bond acceptors (Lipinski definition) is 3. The van der Waals surface area contributed by atoms with Crippen molar-refractivity contribution in [3.05, 3.63) is 29.8 Å². The lowest BCUT2D eigenvalue weighted by atomic mass is 9.87. The molecule has 0 bridgehead atoms. The fraction of sp³-hybridized carbons (Fsp3) is 0.500. The number of phenols is 1. The van der Waals surface area contributed by atoms with Gasteiger partial charge in [-0.15, -0.1) is 0 Å². The van der Waals surface area contributed by atoms with Gasteiger partial charge in [-0.25, -0.2) is 0 Å². The van der Waals surface area contributed by atoms with Gasteiger partial charge in [0, 0.05) is 12.1 Å². The Hall–Kier alpha value is -1.55. The van der Waals surface area contributed by atoms with E-state index in [0.717, 1.165) is 25.7 Å². The average molecular weight is 249 g/mol. The van der Waals surface area contributed by atoms with Crippen LogP contribution in [0.4, 0.5) is 0 Å². The van der Waals surface area contributed by atoms with E-state index in [0.29, 0.717) is 18.0 Å². The molecule has 0 aromatic heterocycles. The molecular formula is C14H19NO3. The van der Waals surface area contributed by atoms with Crippen molar-refractivity contribution in [3.63, 3.8) is 0 Å². The van der Waals surface area contributed by atoms with Gasteiger partial charge >= 0.3 is 0 Å². The molecule has 2 atom stereocenters. The number of nitrogens with one attached hydrogen (secondary N) is 1. The molecule has 0 heterocycles. The fourth-order valence-corrected chi connectivity index (χ4v) is 2.40. The molecular weight excluding hydrogens is 230 g/mol. The number of benzene rings is 1. The molecule has 18 heavy (non-hydrogen) atoms. The second-order valence-corrected chi connectivity index (χ2v) is 4.94. The SMILES string of the molecule is O=C(NCC1CCCC(O)C1)c1ccc(O)cc1. The number of amides is 1. The average Bonchev–Trinajstić information content (AvgIpc) is 2.37. The van der Waals surface area contributed by atoms with Crippen molar-refractivity contribution in [3.8, 4) is 5.75 Å². The molecule has 1 fully saturated rings.